The lowest BCUT2D eigenvalue weighted by Crippen LogP contribution is -2.53. The molecule has 0 aromatic heterocycles. The molecule has 1 N–H and O–H groups in total. The van der Waals surface area contributed by atoms with E-state index in [2.05, 4.69) is 6.07 Å². The number of ether oxygens (including phenoxy) is 1. The van der Waals surface area contributed by atoms with Gasteiger partial charge in [0.1, 0.15) is 5.75 Å². The van der Waals surface area contributed by atoms with Gasteiger partial charge in [-0.25, -0.2) is 0 Å². The maximum Gasteiger partial charge on any atom is 0.226 e. The van der Waals surface area contributed by atoms with Crippen molar-refractivity contribution in [3.63, 3.8) is 0 Å². The summed E-state index contributed by atoms with van der Waals surface area (Å²) in [4.78, 5) is 13.3. The number of rotatable bonds is 4. The molecule has 0 aliphatic carbocycles. The molecule has 0 spiro atoms. The first-order valence-electron chi connectivity index (χ1n) is 6.21. The molecule has 1 aliphatic rings. The molecule has 1 saturated heterocycles. The third-order valence-electron chi connectivity index (χ3n) is 2.99. The second-order valence-electron chi connectivity index (χ2n) is 4.87. The standard InChI is InChI=1S/C14H19NO3/c1-10-5-11(2)7-13(6-10)18-4-3-14(17)15-8-12(16)9-15/h5-7,12,16H,3-4,8-9H2,1-2H3. The van der Waals surface area contributed by atoms with E-state index in [0.29, 0.717) is 26.1 Å². The van der Waals surface area contributed by atoms with Crippen LogP contribution in [0.5, 0.6) is 5.75 Å². The fraction of sp³-hybridized carbons (Fsp3) is 0.500. The highest BCUT2D eigenvalue weighted by Crippen LogP contribution is 2.16. The molecule has 18 heavy (non-hydrogen) atoms. The largest absolute Gasteiger partial charge is 0.493 e. The van der Waals surface area contributed by atoms with Gasteiger partial charge in [-0.2, -0.15) is 0 Å². The predicted molar refractivity (Wildman–Crippen MR) is 68.6 cm³/mol. The summed E-state index contributed by atoms with van der Waals surface area (Å²) >= 11 is 0. The lowest BCUT2D eigenvalue weighted by Gasteiger charge is -2.35. The van der Waals surface area contributed by atoms with Gasteiger partial charge in [-0.3, -0.25) is 4.79 Å². The molecule has 1 amide bonds. The van der Waals surface area contributed by atoms with Crippen molar-refractivity contribution in [3.05, 3.63) is 29.3 Å². The Morgan fingerprint density at radius 3 is 2.50 bits per heavy atom. The molecule has 0 bridgehead atoms. The number of hydrogen-bond donors (Lipinski definition) is 1. The molecule has 0 unspecified atom stereocenters. The summed E-state index contributed by atoms with van der Waals surface area (Å²) in [6.45, 7) is 5.35. The van der Waals surface area contributed by atoms with Crippen LogP contribution in [-0.2, 0) is 4.79 Å². The molecular formula is C14H19NO3. The Morgan fingerprint density at radius 1 is 1.33 bits per heavy atom. The van der Waals surface area contributed by atoms with Gasteiger partial charge >= 0.3 is 0 Å². The van der Waals surface area contributed by atoms with Crippen LogP contribution in [-0.4, -0.2) is 41.7 Å². The maximum atomic E-state index is 11.6. The molecule has 4 heteroatoms. The number of likely N-dealkylation sites (tertiary alicyclic amines) is 1. The molecular weight excluding hydrogens is 230 g/mol. The zero-order chi connectivity index (χ0) is 13.1. The minimum atomic E-state index is -0.339. The average molecular weight is 249 g/mol. The first kappa shape index (κ1) is 12.9. The van der Waals surface area contributed by atoms with Gasteiger partial charge in [-0.05, 0) is 37.1 Å². The molecule has 98 valence electrons. The van der Waals surface area contributed by atoms with E-state index in [-0.39, 0.29) is 12.0 Å². The second kappa shape index (κ2) is 5.40. The van der Waals surface area contributed by atoms with E-state index in [1.807, 2.05) is 26.0 Å². The highest BCUT2D eigenvalue weighted by molar-refractivity contribution is 5.77. The van der Waals surface area contributed by atoms with E-state index in [1.165, 1.54) is 0 Å². The van der Waals surface area contributed by atoms with Crippen molar-refractivity contribution in [1.29, 1.82) is 0 Å². The van der Waals surface area contributed by atoms with Crippen molar-refractivity contribution in [2.75, 3.05) is 19.7 Å². The number of carbonyl (C=O) groups is 1. The molecule has 1 aliphatic heterocycles. The zero-order valence-electron chi connectivity index (χ0n) is 10.8. The normalized spacial score (nSPS) is 15.4. The number of benzene rings is 1. The van der Waals surface area contributed by atoms with Crippen LogP contribution >= 0.6 is 0 Å². The number of amides is 1. The number of nitrogens with zero attached hydrogens (tertiary/aromatic N) is 1. The summed E-state index contributed by atoms with van der Waals surface area (Å²) in [5.41, 5.74) is 2.31. The summed E-state index contributed by atoms with van der Waals surface area (Å²) in [6.07, 6.45) is 0.0222. The van der Waals surface area contributed by atoms with Crippen molar-refractivity contribution >= 4 is 5.91 Å². The number of aliphatic hydroxyl groups excluding tert-OH is 1. The van der Waals surface area contributed by atoms with Gasteiger partial charge in [0, 0.05) is 13.1 Å². The van der Waals surface area contributed by atoms with Crippen LogP contribution in [0, 0.1) is 13.8 Å². The van der Waals surface area contributed by atoms with Gasteiger partial charge < -0.3 is 14.7 Å². The number of carbonyl (C=O) groups excluding carboxylic acids is 1. The van der Waals surface area contributed by atoms with Gasteiger partial charge in [0.15, 0.2) is 0 Å². The minimum absolute atomic E-state index is 0.0460. The summed E-state index contributed by atoms with van der Waals surface area (Å²) in [5, 5.41) is 9.11. The minimum Gasteiger partial charge on any atom is -0.493 e. The monoisotopic (exact) mass is 249 g/mol. The average Bonchev–Trinajstić information content (AvgIpc) is 2.23. The number of aliphatic hydroxyl groups is 1. The molecule has 0 saturated carbocycles. The van der Waals surface area contributed by atoms with Crippen molar-refractivity contribution in [2.24, 2.45) is 0 Å². The summed E-state index contributed by atoms with van der Waals surface area (Å²) < 4.78 is 5.57. The Labute approximate surface area is 107 Å². The fourth-order valence-corrected chi connectivity index (χ4v) is 2.09. The fourth-order valence-electron chi connectivity index (χ4n) is 2.09. The van der Waals surface area contributed by atoms with Crippen molar-refractivity contribution in [3.8, 4) is 5.75 Å². The highest BCUT2D eigenvalue weighted by atomic mass is 16.5. The Bertz CT molecular complexity index is 418. The molecule has 4 nitrogen and oxygen atoms in total. The predicted octanol–water partition coefficient (Wildman–Crippen LogP) is 1.28. The molecule has 2 rings (SSSR count). The molecule has 1 heterocycles. The molecule has 1 aromatic carbocycles. The van der Waals surface area contributed by atoms with Crippen LogP contribution in [0.15, 0.2) is 18.2 Å². The van der Waals surface area contributed by atoms with E-state index in [0.717, 1.165) is 16.9 Å². The van der Waals surface area contributed by atoms with E-state index >= 15 is 0 Å². The zero-order valence-corrected chi connectivity index (χ0v) is 10.8. The van der Waals surface area contributed by atoms with Gasteiger partial charge in [0.05, 0.1) is 19.1 Å². The summed E-state index contributed by atoms with van der Waals surface area (Å²) in [5.74, 6) is 0.855. The lowest BCUT2D eigenvalue weighted by atomic mass is 10.1. The van der Waals surface area contributed by atoms with Crippen LogP contribution in [0.3, 0.4) is 0 Å². The summed E-state index contributed by atoms with van der Waals surface area (Å²) in [7, 11) is 0. The highest BCUT2D eigenvalue weighted by Gasteiger charge is 2.28. The Hall–Kier alpha value is -1.55. The maximum absolute atomic E-state index is 11.6. The third-order valence-corrected chi connectivity index (χ3v) is 2.99. The van der Waals surface area contributed by atoms with E-state index in [1.54, 1.807) is 4.90 Å². The van der Waals surface area contributed by atoms with Crippen molar-refractivity contribution < 1.29 is 14.6 Å². The topological polar surface area (TPSA) is 49.8 Å². The second-order valence-corrected chi connectivity index (χ2v) is 4.87. The Morgan fingerprint density at radius 2 is 1.94 bits per heavy atom. The van der Waals surface area contributed by atoms with E-state index in [9.17, 15) is 4.79 Å². The van der Waals surface area contributed by atoms with Crippen molar-refractivity contribution in [1.82, 2.24) is 4.90 Å². The van der Waals surface area contributed by atoms with Crippen LogP contribution < -0.4 is 4.74 Å². The summed E-state index contributed by atoms with van der Waals surface area (Å²) in [6, 6.07) is 6.01. The van der Waals surface area contributed by atoms with E-state index in [4.69, 9.17) is 9.84 Å². The quantitative estimate of drug-likeness (QED) is 0.874. The first-order chi connectivity index (χ1) is 8.54. The Kier molecular flexibility index (Phi) is 3.87. The smallest absolute Gasteiger partial charge is 0.226 e. The van der Waals surface area contributed by atoms with Gasteiger partial charge in [-0.1, -0.05) is 6.07 Å². The first-order valence-corrected chi connectivity index (χ1v) is 6.21. The van der Waals surface area contributed by atoms with Gasteiger partial charge in [-0.15, -0.1) is 0 Å². The molecule has 1 fully saturated rings. The molecule has 0 radical (unpaired) electrons. The van der Waals surface area contributed by atoms with E-state index < -0.39 is 0 Å². The third kappa shape index (κ3) is 3.23. The Balaban J connectivity index is 1.76. The number of aryl methyl sites for hydroxylation is 2. The van der Waals surface area contributed by atoms with Gasteiger partial charge in [0.25, 0.3) is 0 Å². The molecule has 0 atom stereocenters. The van der Waals surface area contributed by atoms with Crippen molar-refractivity contribution in [2.45, 2.75) is 26.4 Å². The lowest BCUT2D eigenvalue weighted by molar-refractivity contribution is -0.141. The van der Waals surface area contributed by atoms with Gasteiger partial charge in [0.2, 0.25) is 5.91 Å². The SMILES string of the molecule is Cc1cc(C)cc(OCCC(=O)N2CC(O)C2)c1. The van der Waals surface area contributed by atoms with Crippen LogP contribution in [0.4, 0.5) is 0 Å². The van der Waals surface area contributed by atoms with Crippen LogP contribution in [0.1, 0.15) is 17.5 Å². The molecule has 1 aromatic rings. The number of hydrogen-bond acceptors (Lipinski definition) is 3. The number of β-amino-alcohol motifs (C(OH)–C–C–N with tert-alkyl or cyclic N) is 1. The van der Waals surface area contributed by atoms with Crippen LogP contribution in [0.2, 0.25) is 0 Å². The van der Waals surface area contributed by atoms with Crippen LogP contribution in [0.25, 0.3) is 0 Å².